The third-order valence-electron chi connectivity index (χ3n) is 5.58. The molecule has 1 unspecified atom stereocenters. The molecule has 1 aromatic heterocycles. The molecule has 0 N–H and O–H groups in total. The summed E-state index contributed by atoms with van der Waals surface area (Å²) in [7, 11) is 0. The molecule has 0 saturated carbocycles. The maximum absolute atomic E-state index is 13.2. The van der Waals surface area contributed by atoms with Gasteiger partial charge in [0.1, 0.15) is 11.6 Å². The fourth-order valence-electron chi connectivity index (χ4n) is 3.85. The summed E-state index contributed by atoms with van der Waals surface area (Å²) in [5, 5.41) is 4.21. The summed E-state index contributed by atoms with van der Waals surface area (Å²) < 4.78 is 24.9. The van der Waals surface area contributed by atoms with Crippen LogP contribution in [0.3, 0.4) is 0 Å². The minimum atomic E-state index is -0.298. The zero-order chi connectivity index (χ0) is 22.2. The van der Waals surface area contributed by atoms with Crippen LogP contribution in [-0.2, 0) is 28.9 Å². The lowest BCUT2D eigenvalue weighted by Gasteiger charge is -2.26. The number of nitrogens with zero attached hydrogens (tertiary/aromatic N) is 1. The van der Waals surface area contributed by atoms with Gasteiger partial charge in [0.2, 0.25) is 5.91 Å². The fourth-order valence-corrected chi connectivity index (χ4v) is 4.56. The highest BCUT2D eigenvalue weighted by Crippen LogP contribution is 2.19. The van der Waals surface area contributed by atoms with Gasteiger partial charge in [0, 0.05) is 26.1 Å². The second-order valence-corrected chi connectivity index (χ2v) is 8.87. The molecule has 0 spiro atoms. The van der Waals surface area contributed by atoms with Crippen molar-refractivity contribution < 1.29 is 18.7 Å². The summed E-state index contributed by atoms with van der Waals surface area (Å²) in [6.45, 7) is 2.41. The Labute approximate surface area is 192 Å². The number of rotatable bonds is 10. The molecular weight excluding hydrogens is 425 g/mol. The van der Waals surface area contributed by atoms with E-state index in [9.17, 15) is 9.18 Å². The molecule has 32 heavy (non-hydrogen) atoms. The van der Waals surface area contributed by atoms with E-state index in [1.807, 2.05) is 29.2 Å². The van der Waals surface area contributed by atoms with Crippen LogP contribution in [0.2, 0.25) is 0 Å². The average Bonchev–Trinajstić information content (AvgIpc) is 3.50. The largest absolute Gasteiger partial charge is 0.493 e. The van der Waals surface area contributed by atoms with E-state index in [4.69, 9.17) is 9.47 Å². The van der Waals surface area contributed by atoms with E-state index in [1.54, 1.807) is 23.5 Å². The van der Waals surface area contributed by atoms with Crippen LogP contribution in [0, 0.1) is 5.82 Å². The quantitative estimate of drug-likeness (QED) is 0.420. The number of hydrogen-bond donors (Lipinski definition) is 0. The van der Waals surface area contributed by atoms with Gasteiger partial charge in [-0.3, -0.25) is 4.79 Å². The number of benzene rings is 2. The second-order valence-electron chi connectivity index (χ2n) is 8.09. The molecule has 4 nitrogen and oxygen atoms in total. The van der Waals surface area contributed by atoms with E-state index in [-0.39, 0.29) is 24.2 Å². The topological polar surface area (TPSA) is 38.8 Å². The van der Waals surface area contributed by atoms with Crippen molar-refractivity contribution in [3.63, 3.8) is 0 Å². The van der Waals surface area contributed by atoms with E-state index in [0.717, 1.165) is 42.7 Å². The lowest BCUT2D eigenvalue weighted by atomic mass is 10.1. The van der Waals surface area contributed by atoms with Gasteiger partial charge in [0.05, 0.1) is 19.1 Å². The predicted molar refractivity (Wildman–Crippen MR) is 124 cm³/mol. The van der Waals surface area contributed by atoms with Crippen molar-refractivity contribution in [3.05, 3.63) is 87.9 Å². The van der Waals surface area contributed by atoms with Crippen LogP contribution in [0.5, 0.6) is 5.75 Å². The van der Waals surface area contributed by atoms with Crippen molar-refractivity contribution in [1.82, 2.24) is 4.90 Å². The summed E-state index contributed by atoms with van der Waals surface area (Å²) in [5.41, 5.74) is 3.10. The Morgan fingerprint density at radius 1 is 1.12 bits per heavy atom. The first kappa shape index (κ1) is 22.5. The smallest absolute Gasteiger partial charge is 0.227 e. The number of carbonyl (C=O) groups is 1. The summed E-state index contributed by atoms with van der Waals surface area (Å²) >= 11 is 1.69. The molecule has 0 bridgehead atoms. The van der Waals surface area contributed by atoms with Gasteiger partial charge < -0.3 is 14.4 Å². The number of halogens is 1. The summed E-state index contributed by atoms with van der Waals surface area (Å²) in [6, 6.07) is 16.2. The molecule has 0 aliphatic carbocycles. The molecule has 2 aromatic carbocycles. The monoisotopic (exact) mass is 453 g/mol. The molecule has 168 valence electrons. The van der Waals surface area contributed by atoms with Gasteiger partial charge >= 0.3 is 0 Å². The van der Waals surface area contributed by atoms with Crippen molar-refractivity contribution in [2.75, 3.05) is 19.8 Å². The average molecular weight is 454 g/mol. The predicted octanol–water partition coefficient (Wildman–Crippen LogP) is 5.26. The molecular formula is C26H28FNO3S. The molecule has 1 saturated heterocycles. The van der Waals surface area contributed by atoms with E-state index >= 15 is 0 Å². The van der Waals surface area contributed by atoms with Gasteiger partial charge in [-0.2, -0.15) is 11.3 Å². The number of amides is 1. The Morgan fingerprint density at radius 2 is 2.00 bits per heavy atom. The first-order valence-corrected chi connectivity index (χ1v) is 12.0. The van der Waals surface area contributed by atoms with Gasteiger partial charge in [-0.1, -0.05) is 24.3 Å². The first-order chi connectivity index (χ1) is 15.7. The van der Waals surface area contributed by atoms with E-state index < -0.39 is 0 Å². The molecule has 6 heteroatoms. The zero-order valence-electron chi connectivity index (χ0n) is 18.0. The standard InChI is InChI=1S/C26H28FNO3S/c27-23-8-6-20(7-9-23)16-26(29)28(18-25-5-2-12-30-25)17-22-3-1-4-24(15-22)31-13-10-21-11-14-32-19-21/h1,3-4,6-9,11,14-15,19,25H,2,5,10,12-13,16-18H2. The van der Waals surface area contributed by atoms with Crippen LogP contribution in [0.1, 0.15) is 29.5 Å². The molecule has 1 aliphatic heterocycles. The minimum absolute atomic E-state index is 0.0101. The zero-order valence-corrected chi connectivity index (χ0v) is 18.9. The number of thiophene rings is 1. The highest BCUT2D eigenvalue weighted by atomic mass is 32.1. The molecule has 3 aromatic rings. The highest BCUT2D eigenvalue weighted by molar-refractivity contribution is 7.07. The summed E-state index contributed by atoms with van der Waals surface area (Å²) in [6.07, 6.45) is 3.17. The Balaban J connectivity index is 1.40. The fraction of sp³-hybridized carbons (Fsp3) is 0.346. The van der Waals surface area contributed by atoms with Crippen LogP contribution in [0.25, 0.3) is 0 Å². The first-order valence-electron chi connectivity index (χ1n) is 11.0. The summed E-state index contributed by atoms with van der Waals surface area (Å²) in [5.74, 6) is 0.518. The SMILES string of the molecule is O=C(Cc1ccc(F)cc1)N(Cc1cccc(OCCc2ccsc2)c1)CC1CCCO1. The summed E-state index contributed by atoms with van der Waals surface area (Å²) in [4.78, 5) is 15.0. The van der Waals surface area contributed by atoms with E-state index in [1.165, 1.54) is 17.7 Å². The van der Waals surface area contributed by atoms with Crippen LogP contribution < -0.4 is 4.74 Å². The van der Waals surface area contributed by atoms with Gasteiger partial charge in [-0.25, -0.2) is 4.39 Å². The normalized spacial score (nSPS) is 15.6. The highest BCUT2D eigenvalue weighted by Gasteiger charge is 2.23. The molecule has 1 amide bonds. The Hall–Kier alpha value is -2.70. The molecule has 0 radical (unpaired) electrons. The van der Waals surface area contributed by atoms with Gasteiger partial charge in [0.25, 0.3) is 0 Å². The van der Waals surface area contributed by atoms with Gasteiger partial charge in [0.15, 0.2) is 0 Å². The maximum Gasteiger partial charge on any atom is 0.227 e. The third-order valence-corrected chi connectivity index (χ3v) is 6.31. The van der Waals surface area contributed by atoms with Crippen molar-refractivity contribution in [3.8, 4) is 5.75 Å². The van der Waals surface area contributed by atoms with Crippen molar-refractivity contribution >= 4 is 17.2 Å². The lowest BCUT2D eigenvalue weighted by Crippen LogP contribution is -2.37. The Bertz CT molecular complexity index is 985. The number of ether oxygens (including phenoxy) is 2. The number of carbonyl (C=O) groups excluding carboxylic acids is 1. The van der Waals surface area contributed by atoms with Gasteiger partial charge in [-0.15, -0.1) is 0 Å². The maximum atomic E-state index is 13.2. The van der Waals surface area contributed by atoms with Crippen LogP contribution in [-0.4, -0.2) is 36.7 Å². The van der Waals surface area contributed by atoms with Crippen molar-refractivity contribution in [1.29, 1.82) is 0 Å². The van der Waals surface area contributed by atoms with Crippen LogP contribution in [0.15, 0.2) is 65.4 Å². The molecule has 4 rings (SSSR count). The Morgan fingerprint density at radius 3 is 2.75 bits per heavy atom. The van der Waals surface area contributed by atoms with Gasteiger partial charge in [-0.05, 0) is 70.6 Å². The second kappa shape index (κ2) is 11.2. The third kappa shape index (κ3) is 6.65. The van der Waals surface area contributed by atoms with Crippen molar-refractivity contribution in [2.24, 2.45) is 0 Å². The molecule has 1 fully saturated rings. The van der Waals surface area contributed by atoms with E-state index in [2.05, 4.69) is 16.8 Å². The molecule has 1 atom stereocenters. The van der Waals surface area contributed by atoms with Crippen molar-refractivity contribution in [2.45, 2.75) is 38.3 Å². The number of hydrogen-bond acceptors (Lipinski definition) is 4. The van der Waals surface area contributed by atoms with Crippen LogP contribution in [0.4, 0.5) is 4.39 Å². The van der Waals surface area contributed by atoms with E-state index in [0.29, 0.717) is 19.7 Å². The minimum Gasteiger partial charge on any atom is -0.493 e. The molecule has 2 heterocycles. The Kier molecular flexibility index (Phi) is 7.91. The molecule has 1 aliphatic rings. The lowest BCUT2D eigenvalue weighted by molar-refractivity contribution is -0.132. The van der Waals surface area contributed by atoms with Crippen LogP contribution >= 0.6 is 11.3 Å².